The monoisotopic (exact) mass is 310 g/mol. The second-order valence-electron chi connectivity index (χ2n) is 4.30. The standard InChI is InChI=1S/C14H15ClN2O2S/c15-14-9-8-13(11-16-14)20(18,19)17-10-4-7-12-5-2-1-3-6-12/h1-3,5-6,8-9,11,17H,4,7,10H2. The van der Waals surface area contributed by atoms with Gasteiger partial charge in [-0.3, -0.25) is 0 Å². The number of nitrogens with one attached hydrogen (secondary N) is 1. The van der Waals surface area contributed by atoms with Crippen LogP contribution < -0.4 is 4.72 Å². The lowest BCUT2D eigenvalue weighted by Gasteiger charge is -2.06. The zero-order chi connectivity index (χ0) is 14.4. The highest BCUT2D eigenvalue weighted by Gasteiger charge is 2.13. The van der Waals surface area contributed by atoms with Gasteiger partial charge in [0, 0.05) is 12.7 Å². The fourth-order valence-electron chi connectivity index (χ4n) is 1.75. The molecule has 0 amide bonds. The number of pyridine rings is 1. The Bertz CT molecular complexity index is 643. The van der Waals surface area contributed by atoms with Crippen molar-refractivity contribution in [2.75, 3.05) is 6.54 Å². The molecule has 0 saturated carbocycles. The largest absolute Gasteiger partial charge is 0.243 e. The third kappa shape index (κ3) is 4.30. The highest BCUT2D eigenvalue weighted by molar-refractivity contribution is 7.89. The SMILES string of the molecule is O=S(=O)(NCCCc1ccccc1)c1ccc(Cl)nc1. The van der Waals surface area contributed by atoms with E-state index in [2.05, 4.69) is 9.71 Å². The topological polar surface area (TPSA) is 59.1 Å². The molecule has 0 fully saturated rings. The van der Waals surface area contributed by atoms with Crippen LogP contribution in [0.1, 0.15) is 12.0 Å². The van der Waals surface area contributed by atoms with Crippen LogP contribution in [-0.2, 0) is 16.4 Å². The zero-order valence-corrected chi connectivity index (χ0v) is 12.4. The molecule has 4 nitrogen and oxygen atoms in total. The molecule has 1 heterocycles. The van der Waals surface area contributed by atoms with E-state index in [1.807, 2.05) is 30.3 Å². The van der Waals surface area contributed by atoms with Gasteiger partial charge in [-0.05, 0) is 30.5 Å². The minimum Gasteiger partial charge on any atom is -0.243 e. The van der Waals surface area contributed by atoms with E-state index in [1.54, 1.807) is 0 Å². The van der Waals surface area contributed by atoms with E-state index in [1.165, 1.54) is 23.9 Å². The van der Waals surface area contributed by atoms with Crippen molar-refractivity contribution < 1.29 is 8.42 Å². The summed E-state index contributed by atoms with van der Waals surface area (Å²) in [6, 6.07) is 12.8. The predicted molar refractivity (Wildman–Crippen MR) is 79.2 cm³/mol. The van der Waals surface area contributed by atoms with E-state index >= 15 is 0 Å². The fourth-order valence-corrected chi connectivity index (χ4v) is 2.88. The molecule has 0 aliphatic rings. The lowest BCUT2D eigenvalue weighted by atomic mass is 10.1. The van der Waals surface area contributed by atoms with Crippen molar-refractivity contribution >= 4 is 21.6 Å². The number of sulfonamides is 1. The van der Waals surface area contributed by atoms with E-state index < -0.39 is 10.0 Å². The Labute approximate surface area is 123 Å². The summed E-state index contributed by atoms with van der Waals surface area (Å²) in [5.74, 6) is 0. The molecule has 0 unspecified atom stereocenters. The minimum absolute atomic E-state index is 0.126. The summed E-state index contributed by atoms with van der Waals surface area (Å²) < 4.78 is 26.5. The van der Waals surface area contributed by atoms with E-state index in [0.29, 0.717) is 6.54 Å². The van der Waals surface area contributed by atoms with E-state index in [9.17, 15) is 8.42 Å². The molecule has 0 spiro atoms. The number of rotatable bonds is 6. The van der Waals surface area contributed by atoms with Crippen molar-refractivity contribution in [2.24, 2.45) is 0 Å². The maximum Gasteiger partial charge on any atom is 0.242 e. The van der Waals surface area contributed by atoms with Gasteiger partial charge in [-0.25, -0.2) is 18.1 Å². The van der Waals surface area contributed by atoms with Gasteiger partial charge in [0.05, 0.1) is 0 Å². The van der Waals surface area contributed by atoms with Crippen LogP contribution in [0.2, 0.25) is 5.15 Å². The normalized spacial score (nSPS) is 11.4. The molecule has 1 aromatic heterocycles. The first-order valence-electron chi connectivity index (χ1n) is 6.23. The van der Waals surface area contributed by atoms with Gasteiger partial charge in [-0.1, -0.05) is 41.9 Å². The average Bonchev–Trinajstić information content (AvgIpc) is 2.45. The lowest BCUT2D eigenvalue weighted by molar-refractivity contribution is 0.578. The summed E-state index contributed by atoms with van der Waals surface area (Å²) in [5, 5.41) is 0.271. The van der Waals surface area contributed by atoms with Crippen molar-refractivity contribution in [2.45, 2.75) is 17.7 Å². The van der Waals surface area contributed by atoms with Crippen LogP contribution >= 0.6 is 11.6 Å². The minimum atomic E-state index is -3.50. The van der Waals surface area contributed by atoms with Crippen LogP contribution in [0.5, 0.6) is 0 Å². The molecule has 1 N–H and O–H groups in total. The molecule has 1 aromatic carbocycles. The third-order valence-electron chi connectivity index (χ3n) is 2.79. The zero-order valence-electron chi connectivity index (χ0n) is 10.8. The molecule has 2 aromatic rings. The lowest BCUT2D eigenvalue weighted by Crippen LogP contribution is -2.25. The molecule has 0 aliphatic carbocycles. The number of hydrogen-bond donors (Lipinski definition) is 1. The van der Waals surface area contributed by atoms with Gasteiger partial charge in [0.15, 0.2) is 0 Å². The van der Waals surface area contributed by atoms with Gasteiger partial charge in [0.25, 0.3) is 0 Å². The van der Waals surface area contributed by atoms with E-state index in [-0.39, 0.29) is 10.0 Å². The van der Waals surface area contributed by atoms with Crippen LogP contribution in [0.15, 0.2) is 53.6 Å². The van der Waals surface area contributed by atoms with Gasteiger partial charge in [-0.2, -0.15) is 0 Å². The van der Waals surface area contributed by atoms with Crippen molar-refractivity contribution in [1.82, 2.24) is 9.71 Å². The molecule has 6 heteroatoms. The van der Waals surface area contributed by atoms with Crippen molar-refractivity contribution in [1.29, 1.82) is 0 Å². The molecule has 106 valence electrons. The Balaban J connectivity index is 1.85. The molecule has 0 atom stereocenters. The summed E-state index contributed by atoms with van der Waals surface area (Å²) in [6.45, 7) is 0.389. The Morgan fingerprint density at radius 3 is 2.50 bits per heavy atom. The fraction of sp³-hybridized carbons (Fsp3) is 0.214. The third-order valence-corrected chi connectivity index (χ3v) is 4.46. The first-order chi connectivity index (χ1) is 9.58. The maximum absolute atomic E-state index is 12.0. The van der Waals surface area contributed by atoms with E-state index in [0.717, 1.165) is 12.8 Å². The van der Waals surface area contributed by atoms with Crippen molar-refractivity contribution in [3.8, 4) is 0 Å². The summed E-state index contributed by atoms with van der Waals surface area (Å²) in [6.07, 6.45) is 2.83. The van der Waals surface area contributed by atoms with Crippen molar-refractivity contribution in [3.05, 3.63) is 59.4 Å². The second-order valence-corrected chi connectivity index (χ2v) is 6.46. The van der Waals surface area contributed by atoms with Crippen LogP contribution in [0.25, 0.3) is 0 Å². The summed E-state index contributed by atoms with van der Waals surface area (Å²) in [7, 11) is -3.50. The molecule has 0 radical (unpaired) electrons. The maximum atomic E-state index is 12.0. The quantitative estimate of drug-likeness (QED) is 0.659. The van der Waals surface area contributed by atoms with Gasteiger partial charge in [0.2, 0.25) is 10.0 Å². The number of hydrogen-bond acceptors (Lipinski definition) is 3. The van der Waals surface area contributed by atoms with Gasteiger partial charge in [-0.15, -0.1) is 0 Å². The molecular formula is C14H15ClN2O2S. The number of nitrogens with zero attached hydrogens (tertiary/aromatic N) is 1. The van der Waals surface area contributed by atoms with Crippen LogP contribution in [-0.4, -0.2) is 19.9 Å². The summed E-state index contributed by atoms with van der Waals surface area (Å²) in [5.41, 5.74) is 1.19. The highest BCUT2D eigenvalue weighted by Crippen LogP contribution is 2.10. The summed E-state index contributed by atoms with van der Waals surface area (Å²) >= 11 is 5.63. The molecular weight excluding hydrogens is 296 g/mol. The van der Waals surface area contributed by atoms with Crippen LogP contribution in [0.3, 0.4) is 0 Å². The number of benzene rings is 1. The smallest absolute Gasteiger partial charge is 0.242 e. The Kier molecular flexibility index (Phi) is 5.11. The predicted octanol–water partition coefficient (Wildman–Crippen LogP) is 2.65. The molecule has 0 saturated heterocycles. The number of halogens is 1. The Morgan fingerprint density at radius 1 is 1.10 bits per heavy atom. The van der Waals surface area contributed by atoms with E-state index in [4.69, 9.17) is 11.6 Å². The Morgan fingerprint density at radius 2 is 1.85 bits per heavy atom. The van der Waals surface area contributed by atoms with Gasteiger partial charge < -0.3 is 0 Å². The van der Waals surface area contributed by atoms with Crippen LogP contribution in [0, 0.1) is 0 Å². The summed E-state index contributed by atoms with van der Waals surface area (Å²) in [4.78, 5) is 3.89. The first kappa shape index (κ1) is 15.0. The molecule has 20 heavy (non-hydrogen) atoms. The molecule has 0 aliphatic heterocycles. The Hall–Kier alpha value is -1.43. The number of aryl methyl sites for hydroxylation is 1. The van der Waals surface area contributed by atoms with Crippen molar-refractivity contribution in [3.63, 3.8) is 0 Å². The molecule has 0 bridgehead atoms. The average molecular weight is 311 g/mol. The molecule has 2 rings (SSSR count). The highest BCUT2D eigenvalue weighted by atomic mass is 35.5. The van der Waals surface area contributed by atoms with Gasteiger partial charge in [0.1, 0.15) is 10.0 Å². The first-order valence-corrected chi connectivity index (χ1v) is 8.09. The van der Waals surface area contributed by atoms with Crippen LogP contribution in [0.4, 0.5) is 0 Å². The number of aromatic nitrogens is 1. The van der Waals surface area contributed by atoms with Gasteiger partial charge >= 0.3 is 0 Å². The second kappa shape index (κ2) is 6.83.